The Hall–Kier alpha value is -0.363. The zero-order chi connectivity index (χ0) is 15.5. The Morgan fingerprint density at radius 3 is 2.67 bits per heavy atom. The highest BCUT2D eigenvalue weighted by Gasteiger charge is 2.42. The van der Waals surface area contributed by atoms with Crippen molar-refractivity contribution in [2.75, 3.05) is 6.61 Å². The molecule has 0 radical (unpaired) electrons. The minimum atomic E-state index is -1.82. The van der Waals surface area contributed by atoms with Gasteiger partial charge in [0.05, 0.1) is 11.1 Å². The van der Waals surface area contributed by atoms with Crippen molar-refractivity contribution in [1.82, 2.24) is 4.98 Å². The highest BCUT2D eigenvalue weighted by molar-refractivity contribution is 7.99. The van der Waals surface area contributed by atoms with Crippen LogP contribution in [-0.2, 0) is 9.16 Å². The molecule has 118 valence electrons. The van der Waals surface area contributed by atoms with Gasteiger partial charge in [0.1, 0.15) is 5.44 Å². The van der Waals surface area contributed by atoms with Crippen molar-refractivity contribution in [3.8, 4) is 0 Å². The van der Waals surface area contributed by atoms with E-state index in [4.69, 9.17) is 9.16 Å². The molecule has 0 aliphatic carbocycles. The van der Waals surface area contributed by atoms with E-state index in [1.807, 2.05) is 24.4 Å². The van der Waals surface area contributed by atoms with Crippen molar-refractivity contribution in [3.63, 3.8) is 0 Å². The maximum atomic E-state index is 6.63. The Balaban J connectivity index is 2.13. The van der Waals surface area contributed by atoms with Crippen molar-refractivity contribution in [2.24, 2.45) is 0 Å². The topological polar surface area (TPSA) is 31.4 Å². The van der Waals surface area contributed by atoms with Crippen LogP contribution in [0.3, 0.4) is 0 Å². The van der Waals surface area contributed by atoms with Crippen LogP contribution in [0.15, 0.2) is 29.4 Å². The lowest BCUT2D eigenvalue weighted by Crippen LogP contribution is -2.46. The molecule has 1 aliphatic heterocycles. The summed E-state index contributed by atoms with van der Waals surface area (Å²) in [5.74, 6) is 0. The first kappa shape index (κ1) is 17.0. The molecule has 0 saturated carbocycles. The molecule has 1 saturated heterocycles. The van der Waals surface area contributed by atoms with Crippen LogP contribution in [0.1, 0.15) is 33.6 Å². The minimum Gasteiger partial charge on any atom is -0.402 e. The summed E-state index contributed by atoms with van der Waals surface area (Å²) in [6, 6.07) is 6.01. The molecule has 0 amide bonds. The number of thioether (sulfide) groups is 1. The van der Waals surface area contributed by atoms with E-state index in [0.29, 0.717) is 0 Å². The second-order valence-electron chi connectivity index (χ2n) is 7.08. The molecular formula is C16H27NO2SSi. The summed E-state index contributed by atoms with van der Waals surface area (Å²) in [6.45, 7) is 12.3. The van der Waals surface area contributed by atoms with Gasteiger partial charge in [0, 0.05) is 12.8 Å². The smallest absolute Gasteiger partial charge is 0.193 e. The predicted octanol–water partition coefficient (Wildman–Crippen LogP) is 4.70. The Labute approximate surface area is 134 Å². The van der Waals surface area contributed by atoms with Gasteiger partial charge < -0.3 is 9.16 Å². The first-order valence-corrected chi connectivity index (χ1v) is 11.5. The van der Waals surface area contributed by atoms with E-state index in [2.05, 4.69) is 38.8 Å². The van der Waals surface area contributed by atoms with Crippen LogP contribution in [0.5, 0.6) is 0 Å². The molecular weight excluding hydrogens is 298 g/mol. The molecule has 5 heteroatoms. The number of hydrogen-bond donors (Lipinski definition) is 0. The van der Waals surface area contributed by atoms with Crippen molar-refractivity contribution in [3.05, 3.63) is 24.4 Å². The number of hydrogen-bond acceptors (Lipinski definition) is 4. The molecule has 1 aliphatic rings. The minimum absolute atomic E-state index is 0.0447. The van der Waals surface area contributed by atoms with Crippen LogP contribution in [0.25, 0.3) is 0 Å². The molecule has 0 bridgehead atoms. The Morgan fingerprint density at radius 2 is 2.14 bits per heavy atom. The summed E-state index contributed by atoms with van der Waals surface area (Å²) in [6.07, 6.45) is 4.23. The molecule has 2 unspecified atom stereocenters. The third-order valence-electron chi connectivity index (χ3n) is 4.36. The van der Waals surface area contributed by atoms with Gasteiger partial charge >= 0.3 is 0 Å². The van der Waals surface area contributed by atoms with Gasteiger partial charge in [-0.05, 0) is 43.1 Å². The number of rotatable bonds is 5. The van der Waals surface area contributed by atoms with Gasteiger partial charge in [0.25, 0.3) is 0 Å². The molecule has 2 rings (SSSR count). The highest BCUT2D eigenvalue weighted by Crippen LogP contribution is 2.41. The van der Waals surface area contributed by atoms with Crippen LogP contribution in [0.2, 0.25) is 18.1 Å². The fraction of sp³-hybridized carbons (Fsp3) is 0.688. The zero-order valence-corrected chi connectivity index (χ0v) is 15.6. The molecule has 0 N–H and O–H groups in total. The molecule has 3 nitrogen and oxygen atoms in total. The number of aromatic nitrogens is 1. The van der Waals surface area contributed by atoms with Gasteiger partial charge in [0.2, 0.25) is 0 Å². The first-order chi connectivity index (χ1) is 9.79. The molecule has 1 fully saturated rings. The Bertz CT molecular complexity index is 441. The number of pyridine rings is 1. The van der Waals surface area contributed by atoms with E-state index in [0.717, 1.165) is 24.5 Å². The van der Waals surface area contributed by atoms with Gasteiger partial charge in [-0.15, -0.1) is 0 Å². The lowest BCUT2D eigenvalue weighted by molar-refractivity contribution is 0.0469. The number of nitrogens with zero attached hydrogens (tertiary/aromatic N) is 1. The second kappa shape index (κ2) is 6.81. The second-order valence-corrected chi connectivity index (χ2v) is 13.0. The molecule has 0 spiro atoms. The monoisotopic (exact) mass is 325 g/mol. The third-order valence-corrected chi connectivity index (χ3v) is 10.1. The van der Waals surface area contributed by atoms with E-state index in [1.54, 1.807) is 11.8 Å². The Kier molecular flexibility index (Phi) is 5.52. The summed E-state index contributed by atoms with van der Waals surface area (Å²) < 4.78 is 12.5. The van der Waals surface area contributed by atoms with Crippen molar-refractivity contribution in [1.29, 1.82) is 0 Å². The third kappa shape index (κ3) is 4.55. The van der Waals surface area contributed by atoms with Crippen LogP contribution in [0, 0.1) is 0 Å². The first-order valence-electron chi connectivity index (χ1n) is 7.67. The van der Waals surface area contributed by atoms with Crippen LogP contribution < -0.4 is 0 Å². The lowest BCUT2D eigenvalue weighted by atomic mass is 10.2. The lowest BCUT2D eigenvalue weighted by Gasteiger charge is -2.40. The summed E-state index contributed by atoms with van der Waals surface area (Å²) in [4.78, 5) is 4.42. The molecule has 21 heavy (non-hydrogen) atoms. The van der Waals surface area contributed by atoms with E-state index >= 15 is 0 Å². The Morgan fingerprint density at radius 1 is 1.38 bits per heavy atom. The van der Waals surface area contributed by atoms with Crippen molar-refractivity contribution < 1.29 is 9.16 Å². The van der Waals surface area contributed by atoms with Crippen LogP contribution in [-0.4, -0.2) is 31.4 Å². The highest BCUT2D eigenvalue weighted by atomic mass is 32.2. The van der Waals surface area contributed by atoms with E-state index in [1.165, 1.54) is 0 Å². The van der Waals surface area contributed by atoms with E-state index in [-0.39, 0.29) is 16.6 Å². The SMILES string of the molecule is CC(C)(C)[Si](C)(C)OC(Sc1ccccn1)C1CCCO1. The molecule has 1 aromatic heterocycles. The maximum Gasteiger partial charge on any atom is 0.193 e. The van der Waals surface area contributed by atoms with Gasteiger partial charge in [-0.3, -0.25) is 0 Å². The summed E-state index contributed by atoms with van der Waals surface area (Å²) in [5.41, 5.74) is 0.0447. The average Bonchev–Trinajstić information content (AvgIpc) is 2.91. The van der Waals surface area contributed by atoms with Crippen LogP contribution >= 0.6 is 11.8 Å². The van der Waals surface area contributed by atoms with Gasteiger partial charge in [-0.1, -0.05) is 38.6 Å². The van der Waals surface area contributed by atoms with E-state index in [9.17, 15) is 0 Å². The molecule has 2 heterocycles. The zero-order valence-electron chi connectivity index (χ0n) is 13.8. The maximum absolute atomic E-state index is 6.63. The van der Waals surface area contributed by atoms with Crippen molar-refractivity contribution in [2.45, 2.75) is 68.3 Å². The summed E-state index contributed by atoms with van der Waals surface area (Å²) in [5, 5.41) is 1.21. The van der Waals surface area contributed by atoms with Crippen molar-refractivity contribution >= 4 is 20.1 Å². The fourth-order valence-corrected chi connectivity index (χ4v) is 4.88. The molecule has 1 aromatic rings. The van der Waals surface area contributed by atoms with Gasteiger partial charge in [0.15, 0.2) is 8.32 Å². The van der Waals surface area contributed by atoms with Gasteiger partial charge in [-0.2, -0.15) is 0 Å². The van der Waals surface area contributed by atoms with Crippen LogP contribution in [0.4, 0.5) is 0 Å². The standard InChI is InChI=1S/C16H27NO2SSi/c1-16(2,3)21(4,5)19-15(13-9-8-12-18-13)20-14-10-6-7-11-17-14/h6-7,10-11,13,15H,8-9,12H2,1-5H3. The quantitative estimate of drug-likeness (QED) is 0.446. The van der Waals surface area contributed by atoms with E-state index < -0.39 is 8.32 Å². The average molecular weight is 326 g/mol. The molecule has 2 atom stereocenters. The predicted molar refractivity (Wildman–Crippen MR) is 91.1 cm³/mol. The number of ether oxygens (including phenoxy) is 1. The summed E-state index contributed by atoms with van der Waals surface area (Å²) in [7, 11) is -1.82. The van der Waals surface area contributed by atoms with Gasteiger partial charge in [-0.25, -0.2) is 4.98 Å². The normalized spacial score (nSPS) is 21.5. The summed E-state index contributed by atoms with van der Waals surface area (Å²) >= 11 is 1.71. The molecule has 0 aromatic carbocycles. The fourth-order valence-electron chi connectivity index (χ4n) is 2.00. The largest absolute Gasteiger partial charge is 0.402 e.